The number of hydrogen-bond acceptors (Lipinski definition) is 6. The highest BCUT2D eigenvalue weighted by Gasteiger charge is 2.39. The van der Waals surface area contributed by atoms with Crippen LogP contribution in [-0.4, -0.2) is 38.7 Å². The van der Waals surface area contributed by atoms with Crippen molar-refractivity contribution in [2.45, 2.75) is 70.4 Å². The van der Waals surface area contributed by atoms with Crippen LogP contribution in [0.2, 0.25) is 0 Å². The molecule has 0 N–H and O–H groups in total. The fraction of sp³-hybridized carbons (Fsp3) is 0.619. The molecule has 3 heterocycles. The molecule has 2 aromatic rings. The molecular weight excluding hydrogens is 390 g/mol. The Hall–Kier alpha value is -2.22. The number of carbonyl (C=O) groups is 2. The van der Waals surface area contributed by atoms with E-state index in [1.54, 1.807) is 15.7 Å². The van der Waals surface area contributed by atoms with Crippen LogP contribution in [0.1, 0.15) is 61.2 Å². The van der Waals surface area contributed by atoms with Gasteiger partial charge < -0.3 is 9.64 Å². The average Bonchev–Trinajstić information content (AvgIpc) is 3.43. The molecular formula is C21H25N3O4S. The second kappa shape index (κ2) is 7.55. The Kier molecular flexibility index (Phi) is 4.89. The highest BCUT2D eigenvalue weighted by molar-refractivity contribution is 7.17. The Morgan fingerprint density at radius 3 is 2.79 bits per heavy atom. The van der Waals surface area contributed by atoms with Crippen molar-refractivity contribution >= 4 is 28.2 Å². The van der Waals surface area contributed by atoms with Crippen LogP contribution in [0.3, 0.4) is 0 Å². The smallest absolute Gasteiger partial charge is 0.311 e. The van der Waals surface area contributed by atoms with Gasteiger partial charge in [0.15, 0.2) is 4.96 Å². The molecule has 29 heavy (non-hydrogen) atoms. The molecule has 0 bridgehead atoms. The summed E-state index contributed by atoms with van der Waals surface area (Å²) < 4.78 is 7.16. The van der Waals surface area contributed by atoms with Gasteiger partial charge in [0.05, 0.1) is 11.6 Å². The van der Waals surface area contributed by atoms with Crippen molar-refractivity contribution in [1.82, 2.24) is 14.3 Å². The second-order valence-electron chi connectivity index (χ2n) is 8.38. The Labute approximate surface area is 172 Å². The number of ether oxygens (including phenoxy) is 1. The first-order valence-electron chi connectivity index (χ1n) is 10.6. The van der Waals surface area contributed by atoms with E-state index in [4.69, 9.17) is 4.74 Å². The fourth-order valence-electron chi connectivity index (χ4n) is 4.94. The average molecular weight is 416 g/mol. The van der Waals surface area contributed by atoms with Gasteiger partial charge in [-0.3, -0.25) is 18.8 Å². The van der Waals surface area contributed by atoms with Gasteiger partial charge in [0.1, 0.15) is 6.61 Å². The zero-order chi connectivity index (χ0) is 20.0. The Morgan fingerprint density at radius 1 is 1.17 bits per heavy atom. The van der Waals surface area contributed by atoms with Crippen LogP contribution in [0.5, 0.6) is 0 Å². The standard InChI is InChI=1S/C21H25N3O4S/c25-18-9-13(11-23(18)15-5-1-2-6-15)20(27)28-12-14-10-19(26)24-16-7-3-4-8-17(16)29-21(24)22-14/h10,13,15H,1-9,11-12H2/t13-/m1/s1. The first-order chi connectivity index (χ1) is 14.1. The quantitative estimate of drug-likeness (QED) is 0.717. The molecule has 1 aliphatic heterocycles. The molecule has 7 nitrogen and oxygen atoms in total. The summed E-state index contributed by atoms with van der Waals surface area (Å²) in [6.45, 7) is 0.427. The molecule has 1 saturated heterocycles. The molecule has 2 fully saturated rings. The topological polar surface area (TPSA) is 81.0 Å². The van der Waals surface area contributed by atoms with Gasteiger partial charge in [0.25, 0.3) is 5.56 Å². The van der Waals surface area contributed by atoms with Crippen molar-refractivity contribution in [3.8, 4) is 0 Å². The maximum atomic E-state index is 12.6. The summed E-state index contributed by atoms with van der Waals surface area (Å²) in [6, 6.07) is 1.75. The minimum absolute atomic E-state index is 0.0265. The zero-order valence-electron chi connectivity index (χ0n) is 16.4. The lowest BCUT2D eigenvalue weighted by Crippen LogP contribution is -2.35. The number of aryl methyl sites for hydroxylation is 2. The van der Waals surface area contributed by atoms with Crippen LogP contribution in [0, 0.1) is 5.92 Å². The first kappa shape index (κ1) is 18.8. The van der Waals surface area contributed by atoms with Crippen LogP contribution in [-0.2, 0) is 33.8 Å². The number of aromatic nitrogens is 2. The van der Waals surface area contributed by atoms with Crippen molar-refractivity contribution in [2.75, 3.05) is 6.54 Å². The fourth-order valence-corrected chi connectivity index (χ4v) is 6.17. The second-order valence-corrected chi connectivity index (χ2v) is 9.44. The van der Waals surface area contributed by atoms with E-state index >= 15 is 0 Å². The van der Waals surface area contributed by atoms with Crippen molar-refractivity contribution in [3.05, 3.63) is 32.7 Å². The summed E-state index contributed by atoms with van der Waals surface area (Å²) in [6.07, 6.45) is 8.76. The van der Waals surface area contributed by atoms with Crippen LogP contribution >= 0.6 is 11.3 Å². The van der Waals surface area contributed by atoms with E-state index in [2.05, 4.69) is 4.98 Å². The van der Waals surface area contributed by atoms with Crippen molar-refractivity contribution in [1.29, 1.82) is 0 Å². The number of amides is 1. The van der Waals surface area contributed by atoms with Crippen molar-refractivity contribution in [2.24, 2.45) is 5.92 Å². The number of thiazole rings is 1. The third-order valence-electron chi connectivity index (χ3n) is 6.43. The van der Waals surface area contributed by atoms with Crippen LogP contribution < -0.4 is 5.56 Å². The Morgan fingerprint density at radius 2 is 1.97 bits per heavy atom. The maximum Gasteiger partial charge on any atom is 0.311 e. The summed E-state index contributed by atoms with van der Waals surface area (Å²) in [5, 5.41) is 0. The normalized spacial score (nSPS) is 22.4. The molecule has 0 spiro atoms. The van der Waals surface area contributed by atoms with Crippen LogP contribution in [0.25, 0.3) is 4.96 Å². The molecule has 8 heteroatoms. The molecule has 1 amide bonds. The number of fused-ring (bicyclic) bond motifs is 3. The van der Waals surface area contributed by atoms with Crippen LogP contribution in [0.4, 0.5) is 0 Å². The third kappa shape index (κ3) is 3.47. The molecule has 1 atom stereocenters. The predicted octanol–water partition coefficient (Wildman–Crippen LogP) is 2.47. The highest BCUT2D eigenvalue weighted by Crippen LogP contribution is 2.30. The number of carbonyl (C=O) groups excluding carboxylic acids is 2. The molecule has 0 aromatic carbocycles. The van der Waals surface area contributed by atoms with Crippen molar-refractivity contribution < 1.29 is 14.3 Å². The van der Waals surface area contributed by atoms with E-state index in [9.17, 15) is 14.4 Å². The van der Waals surface area contributed by atoms with Gasteiger partial charge in [-0.2, -0.15) is 0 Å². The first-order valence-corrected chi connectivity index (χ1v) is 11.4. The molecule has 0 unspecified atom stereocenters. The lowest BCUT2D eigenvalue weighted by Gasteiger charge is -2.23. The van der Waals surface area contributed by atoms with Gasteiger partial charge >= 0.3 is 5.97 Å². The maximum absolute atomic E-state index is 12.6. The minimum Gasteiger partial charge on any atom is -0.459 e. The van der Waals surface area contributed by atoms with E-state index in [1.165, 1.54) is 10.9 Å². The van der Waals surface area contributed by atoms with Gasteiger partial charge in [0.2, 0.25) is 5.91 Å². The Bertz CT molecular complexity index is 1020. The van der Waals surface area contributed by atoms with Gasteiger partial charge in [-0.05, 0) is 38.5 Å². The molecule has 2 aromatic heterocycles. The number of nitrogens with zero attached hydrogens (tertiary/aromatic N) is 3. The SMILES string of the molecule is O=C(OCc1cc(=O)n2c3c(sc2n1)CCCC3)[C@@H]1CC(=O)N(C2CCCC2)C1. The summed E-state index contributed by atoms with van der Waals surface area (Å²) in [5.74, 6) is -0.728. The lowest BCUT2D eigenvalue weighted by molar-refractivity contribution is -0.149. The summed E-state index contributed by atoms with van der Waals surface area (Å²) in [5.41, 5.74) is 1.46. The Balaban J connectivity index is 1.26. The predicted molar refractivity (Wildman–Crippen MR) is 108 cm³/mol. The molecule has 0 radical (unpaired) electrons. The van der Waals surface area contributed by atoms with Gasteiger partial charge in [-0.1, -0.05) is 12.8 Å². The van der Waals surface area contributed by atoms with E-state index < -0.39 is 5.92 Å². The molecule has 5 rings (SSSR count). The molecule has 3 aliphatic rings. The number of rotatable bonds is 4. The van der Waals surface area contributed by atoms with E-state index in [0.717, 1.165) is 57.1 Å². The minimum atomic E-state index is -0.415. The third-order valence-corrected chi connectivity index (χ3v) is 7.58. The van der Waals surface area contributed by atoms with E-state index in [1.807, 2.05) is 4.90 Å². The summed E-state index contributed by atoms with van der Waals surface area (Å²) in [4.78, 5) is 45.8. The zero-order valence-corrected chi connectivity index (χ0v) is 17.2. The van der Waals surface area contributed by atoms with Crippen molar-refractivity contribution in [3.63, 3.8) is 0 Å². The van der Waals surface area contributed by atoms with Gasteiger partial charge in [-0.15, -0.1) is 11.3 Å². The largest absolute Gasteiger partial charge is 0.459 e. The molecule has 154 valence electrons. The van der Waals surface area contributed by atoms with E-state index in [0.29, 0.717) is 17.2 Å². The molecule has 1 saturated carbocycles. The molecule has 2 aliphatic carbocycles. The van der Waals surface area contributed by atoms with Gasteiger partial charge in [-0.25, -0.2) is 4.98 Å². The number of hydrogen-bond donors (Lipinski definition) is 0. The number of esters is 1. The van der Waals surface area contributed by atoms with Gasteiger partial charge in [0, 0.05) is 35.6 Å². The number of likely N-dealkylation sites (tertiary alicyclic amines) is 1. The summed E-state index contributed by atoms with van der Waals surface area (Å²) >= 11 is 1.56. The monoisotopic (exact) mass is 415 g/mol. The van der Waals surface area contributed by atoms with E-state index in [-0.39, 0.29) is 36.5 Å². The highest BCUT2D eigenvalue weighted by atomic mass is 32.1. The lowest BCUT2D eigenvalue weighted by atomic mass is 10.0. The van der Waals surface area contributed by atoms with Crippen LogP contribution in [0.15, 0.2) is 10.9 Å². The summed E-state index contributed by atoms with van der Waals surface area (Å²) in [7, 11) is 0.